The molecular weight excluding hydrogens is 367 g/mol. The maximum absolute atomic E-state index is 13.1. The van der Waals surface area contributed by atoms with Gasteiger partial charge in [-0.25, -0.2) is 0 Å². The van der Waals surface area contributed by atoms with E-state index in [1.54, 1.807) is 54.6 Å². The van der Waals surface area contributed by atoms with Gasteiger partial charge in [0.25, 0.3) is 11.8 Å². The normalized spacial score (nSPS) is 15.6. The summed E-state index contributed by atoms with van der Waals surface area (Å²) >= 11 is 0. The molecule has 2 aromatic rings. The highest BCUT2D eigenvalue weighted by molar-refractivity contribution is 6.21. The summed E-state index contributed by atoms with van der Waals surface area (Å²) in [6.07, 6.45) is -5.61. The van der Waals surface area contributed by atoms with Crippen LogP contribution in [0.1, 0.15) is 46.0 Å². The number of imide groups is 1. The zero-order chi connectivity index (χ0) is 20.4. The van der Waals surface area contributed by atoms with Crippen LogP contribution in [-0.2, 0) is 0 Å². The number of hydrogen-bond donors (Lipinski definition) is 0. The Bertz CT molecular complexity index is 922. The molecule has 0 aromatic heterocycles. The highest BCUT2D eigenvalue weighted by Crippen LogP contribution is 2.36. The molecule has 0 spiro atoms. The molecule has 0 saturated carbocycles. The van der Waals surface area contributed by atoms with Crippen molar-refractivity contribution in [2.45, 2.75) is 25.9 Å². The first kappa shape index (κ1) is 19.7. The molecule has 0 aliphatic carbocycles. The van der Waals surface area contributed by atoms with Gasteiger partial charge in [0.05, 0.1) is 17.5 Å². The van der Waals surface area contributed by atoms with Crippen LogP contribution < -0.4 is 0 Å². The molecule has 0 radical (unpaired) electrons. The van der Waals surface area contributed by atoms with Gasteiger partial charge in [0.1, 0.15) is 0 Å². The molecule has 6 heteroatoms. The zero-order valence-corrected chi connectivity index (χ0v) is 15.2. The lowest BCUT2D eigenvalue weighted by atomic mass is 9.83. The molecule has 28 heavy (non-hydrogen) atoms. The average Bonchev–Trinajstić information content (AvgIpc) is 2.89. The number of carbonyl (C=O) groups is 2. The van der Waals surface area contributed by atoms with Crippen molar-refractivity contribution in [3.63, 3.8) is 0 Å². The molecule has 3 nitrogen and oxygen atoms in total. The molecule has 144 valence electrons. The molecule has 1 unspecified atom stereocenters. The van der Waals surface area contributed by atoms with Crippen LogP contribution in [0, 0.1) is 17.3 Å². The zero-order valence-electron chi connectivity index (χ0n) is 15.2. The predicted octanol–water partition coefficient (Wildman–Crippen LogP) is 4.68. The van der Waals surface area contributed by atoms with E-state index < -0.39 is 29.8 Å². The molecule has 1 heterocycles. The third-order valence-corrected chi connectivity index (χ3v) is 4.64. The molecule has 3 rings (SSSR count). The fraction of sp³-hybridized carbons (Fsp3) is 0.273. The van der Waals surface area contributed by atoms with Crippen LogP contribution in [0.15, 0.2) is 54.6 Å². The molecule has 0 N–H and O–H groups in total. The Labute approximate surface area is 161 Å². The SMILES string of the molecule is CC(C#Cc1ccccc1)(CCN1C(=O)c2ccccc2C1=O)CC(F)(F)F. The van der Waals surface area contributed by atoms with Gasteiger partial charge in [-0.3, -0.25) is 14.5 Å². The Kier molecular flexibility index (Phi) is 5.28. The molecule has 0 fully saturated rings. The quantitative estimate of drug-likeness (QED) is 0.566. The number of hydrogen-bond acceptors (Lipinski definition) is 2. The number of halogens is 3. The molecule has 0 saturated heterocycles. The second kappa shape index (κ2) is 7.51. The first-order valence-electron chi connectivity index (χ1n) is 8.79. The van der Waals surface area contributed by atoms with E-state index in [1.165, 1.54) is 6.92 Å². The third kappa shape index (κ3) is 4.42. The average molecular weight is 385 g/mol. The van der Waals surface area contributed by atoms with Crippen LogP contribution in [0.4, 0.5) is 13.2 Å². The van der Waals surface area contributed by atoms with Crippen LogP contribution in [0.2, 0.25) is 0 Å². The van der Waals surface area contributed by atoms with Crippen LogP contribution >= 0.6 is 0 Å². The van der Waals surface area contributed by atoms with E-state index >= 15 is 0 Å². The monoisotopic (exact) mass is 385 g/mol. The second-order valence-electron chi connectivity index (χ2n) is 7.03. The molecule has 2 amide bonds. The van der Waals surface area contributed by atoms with Crippen molar-refractivity contribution < 1.29 is 22.8 Å². The van der Waals surface area contributed by atoms with E-state index in [1.807, 2.05) is 0 Å². The van der Waals surface area contributed by atoms with Gasteiger partial charge in [-0.05, 0) is 37.6 Å². The largest absolute Gasteiger partial charge is 0.390 e. The summed E-state index contributed by atoms with van der Waals surface area (Å²) in [4.78, 5) is 25.9. The van der Waals surface area contributed by atoms with Crippen LogP contribution in [-0.4, -0.2) is 29.4 Å². The standard InChI is InChI=1S/C22H18F3NO2/c1-21(15-22(23,24)25,12-11-16-7-3-2-4-8-16)13-14-26-19(27)17-9-5-6-10-18(17)20(26)28/h2-10H,13-15H2,1H3. The lowest BCUT2D eigenvalue weighted by Gasteiger charge is -2.27. The van der Waals surface area contributed by atoms with E-state index in [0.29, 0.717) is 5.56 Å². The van der Waals surface area contributed by atoms with E-state index in [2.05, 4.69) is 11.8 Å². The number of amides is 2. The summed E-state index contributed by atoms with van der Waals surface area (Å²) in [5, 5.41) is 0. The van der Waals surface area contributed by atoms with Crippen molar-refractivity contribution >= 4 is 11.8 Å². The van der Waals surface area contributed by atoms with E-state index in [0.717, 1.165) is 4.90 Å². The van der Waals surface area contributed by atoms with Crippen LogP contribution in [0.3, 0.4) is 0 Å². The molecule has 1 aliphatic rings. The Hall–Kier alpha value is -3.07. The highest BCUT2D eigenvalue weighted by Gasteiger charge is 2.41. The predicted molar refractivity (Wildman–Crippen MR) is 98.5 cm³/mol. The maximum Gasteiger partial charge on any atom is 0.390 e. The summed E-state index contributed by atoms with van der Waals surface area (Å²) < 4.78 is 39.4. The fourth-order valence-corrected chi connectivity index (χ4v) is 3.18. The molecule has 2 aromatic carbocycles. The van der Waals surface area contributed by atoms with Crippen molar-refractivity contribution in [2.24, 2.45) is 5.41 Å². The number of alkyl halides is 3. The third-order valence-electron chi connectivity index (χ3n) is 4.64. The van der Waals surface area contributed by atoms with Gasteiger partial charge in [-0.1, -0.05) is 42.2 Å². The second-order valence-corrected chi connectivity index (χ2v) is 7.03. The van der Waals surface area contributed by atoms with E-state index in [-0.39, 0.29) is 24.1 Å². The van der Waals surface area contributed by atoms with Gasteiger partial charge in [-0.2, -0.15) is 13.2 Å². The lowest BCUT2D eigenvalue weighted by molar-refractivity contribution is -0.150. The Morgan fingerprint density at radius 3 is 1.96 bits per heavy atom. The summed E-state index contributed by atoms with van der Waals surface area (Å²) in [5.74, 6) is 4.55. The Morgan fingerprint density at radius 2 is 1.43 bits per heavy atom. The highest BCUT2D eigenvalue weighted by atomic mass is 19.4. The van der Waals surface area contributed by atoms with Gasteiger partial charge in [0, 0.05) is 17.5 Å². The number of fused-ring (bicyclic) bond motifs is 1. The van der Waals surface area contributed by atoms with Gasteiger partial charge in [0.2, 0.25) is 0 Å². The Morgan fingerprint density at radius 1 is 0.893 bits per heavy atom. The molecule has 0 bridgehead atoms. The summed E-state index contributed by atoms with van der Waals surface area (Å²) in [6.45, 7) is 1.29. The Balaban J connectivity index is 1.80. The molecule has 1 aliphatic heterocycles. The van der Waals surface area contributed by atoms with Gasteiger partial charge >= 0.3 is 6.18 Å². The summed E-state index contributed by atoms with van der Waals surface area (Å²) in [7, 11) is 0. The van der Waals surface area contributed by atoms with Gasteiger partial charge < -0.3 is 0 Å². The minimum atomic E-state index is -4.41. The van der Waals surface area contributed by atoms with Crippen molar-refractivity contribution in [3.8, 4) is 11.8 Å². The van der Waals surface area contributed by atoms with Crippen LogP contribution in [0.25, 0.3) is 0 Å². The fourth-order valence-electron chi connectivity index (χ4n) is 3.18. The summed E-state index contributed by atoms with van der Waals surface area (Å²) in [6, 6.07) is 15.1. The van der Waals surface area contributed by atoms with Crippen molar-refractivity contribution in [3.05, 3.63) is 71.3 Å². The van der Waals surface area contributed by atoms with E-state index in [4.69, 9.17) is 0 Å². The summed E-state index contributed by atoms with van der Waals surface area (Å²) in [5.41, 5.74) is -0.263. The molecular formula is C22H18F3NO2. The minimum Gasteiger partial charge on any atom is -0.274 e. The van der Waals surface area contributed by atoms with Crippen LogP contribution in [0.5, 0.6) is 0 Å². The maximum atomic E-state index is 13.1. The first-order valence-corrected chi connectivity index (χ1v) is 8.79. The van der Waals surface area contributed by atoms with E-state index in [9.17, 15) is 22.8 Å². The van der Waals surface area contributed by atoms with Crippen molar-refractivity contribution in [1.82, 2.24) is 4.90 Å². The van der Waals surface area contributed by atoms with Crippen molar-refractivity contribution in [2.75, 3.05) is 6.54 Å². The smallest absolute Gasteiger partial charge is 0.274 e. The minimum absolute atomic E-state index is 0.0716. The number of rotatable bonds is 4. The van der Waals surface area contributed by atoms with Gasteiger partial charge in [-0.15, -0.1) is 0 Å². The van der Waals surface area contributed by atoms with Gasteiger partial charge in [0.15, 0.2) is 0 Å². The first-order chi connectivity index (χ1) is 13.2. The number of nitrogens with zero attached hydrogens (tertiary/aromatic N) is 1. The molecule has 1 atom stereocenters. The number of carbonyl (C=O) groups excluding carboxylic acids is 2. The lowest BCUT2D eigenvalue weighted by Crippen LogP contribution is -2.35. The topological polar surface area (TPSA) is 37.4 Å². The number of benzene rings is 2. The van der Waals surface area contributed by atoms with Crippen molar-refractivity contribution in [1.29, 1.82) is 0 Å².